The lowest BCUT2D eigenvalue weighted by atomic mass is 11.8. The first kappa shape index (κ1) is 12.1. The van der Waals surface area contributed by atoms with Crippen LogP contribution in [0.15, 0.2) is 3.77 Å². The second-order valence-corrected chi connectivity index (χ2v) is 5.11. The molecule has 0 aromatic rings. The van der Waals surface area contributed by atoms with Gasteiger partial charge < -0.3 is 0 Å². The summed E-state index contributed by atoms with van der Waals surface area (Å²) in [6, 6.07) is 0. The van der Waals surface area contributed by atoms with E-state index < -0.39 is 21.7 Å². The van der Waals surface area contributed by atoms with Crippen LogP contribution < -0.4 is 0 Å². The van der Waals surface area contributed by atoms with Gasteiger partial charge in [-0.2, -0.15) is 0 Å². The Balaban J connectivity index is 4.98. The molecule has 3 nitrogen and oxygen atoms in total. The van der Waals surface area contributed by atoms with Crippen LogP contribution in [0, 0.1) is 0 Å². The summed E-state index contributed by atoms with van der Waals surface area (Å²) in [5.41, 5.74) is 0. The molecule has 0 unspecified atom stereocenters. The van der Waals surface area contributed by atoms with Crippen LogP contribution in [0.3, 0.4) is 0 Å². The van der Waals surface area contributed by atoms with Gasteiger partial charge in [-0.15, -0.1) is 0 Å². The normalized spacial score (nSPS) is 18.7. The van der Waals surface area contributed by atoms with Gasteiger partial charge in [0, 0.05) is 0 Å². The fourth-order valence-electron chi connectivity index (χ4n) is 0.244. The highest BCUT2D eigenvalue weighted by atomic mass is 32.5. The van der Waals surface area contributed by atoms with Crippen molar-refractivity contribution in [2.75, 3.05) is 14.2 Å². The molecule has 0 aromatic heterocycles. The van der Waals surface area contributed by atoms with Crippen molar-refractivity contribution in [2.24, 2.45) is 3.77 Å². The summed E-state index contributed by atoms with van der Waals surface area (Å²) >= 11 is -2.58. The largest absolute Gasteiger partial charge is 0.391 e. The van der Waals surface area contributed by atoms with Gasteiger partial charge in [0.25, 0.3) is 0 Å². The van der Waals surface area contributed by atoms with Crippen LogP contribution in [0.2, 0.25) is 0 Å². The van der Waals surface area contributed by atoms with Gasteiger partial charge in [-0.25, -0.2) is 0 Å². The van der Waals surface area contributed by atoms with E-state index >= 15 is 0 Å². The van der Waals surface area contributed by atoms with Crippen molar-refractivity contribution in [1.82, 2.24) is 0 Å². The summed E-state index contributed by atoms with van der Waals surface area (Å²) in [5.74, 6) is 0. The Bertz CT molecular complexity index is 201. The van der Waals surface area contributed by atoms with Crippen LogP contribution in [-0.2, 0) is 19.6 Å². The van der Waals surface area contributed by atoms with Crippen LogP contribution >= 0.6 is 10.4 Å². The third-order valence-corrected chi connectivity index (χ3v) is 2.67. The molecule has 0 radical (unpaired) electrons. The van der Waals surface area contributed by atoms with Gasteiger partial charge in [-0.1, -0.05) is 23.2 Å². The van der Waals surface area contributed by atoms with E-state index in [2.05, 4.69) is 8.37 Å². The topological polar surface area (TPSA) is 30.8 Å². The quantitative estimate of drug-likeness (QED) is 0.703. The van der Waals surface area contributed by atoms with Crippen molar-refractivity contribution in [3.8, 4) is 0 Å². The summed E-state index contributed by atoms with van der Waals surface area (Å²) in [6.07, 6.45) is 0. The van der Waals surface area contributed by atoms with Gasteiger partial charge in [0.05, 0.1) is 14.2 Å². The second kappa shape index (κ2) is 2.53. The zero-order valence-electron chi connectivity index (χ0n) is 5.97. The van der Waals surface area contributed by atoms with E-state index in [1.807, 2.05) is 0 Å². The Morgan fingerprint density at radius 3 is 1.42 bits per heavy atom. The van der Waals surface area contributed by atoms with Crippen LogP contribution in [0.5, 0.6) is 0 Å². The standard InChI is InChI=1S/C2H6F5NO2S2/c1-9-11(10-2)8-12(3,4,5,6)7/h1-2H3. The minimum absolute atomic E-state index is 0.777. The summed E-state index contributed by atoms with van der Waals surface area (Å²) in [5, 5.41) is 0. The molecule has 0 aliphatic rings. The molecule has 0 rings (SSSR count). The molecule has 0 fully saturated rings. The lowest BCUT2D eigenvalue weighted by Gasteiger charge is -2.34. The average Bonchev–Trinajstić information content (AvgIpc) is 1.78. The molecular weight excluding hydrogens is 229 g/mol. The van der Waals surface area contributed by atoms with Gasteiger partial charge in [0.15, 0.2) is 11.3 Å². The Labute approximate surface area is 68.2 Å². The molecule has 0 atom stereocenters. The lowest BCUT2D eigenvalue weighted by Crippen LogP contribution is -2.05. The van der Waals surface area contributed by atoms with E-state index in [9.17, 15) is 19.4 Å². The van der Waals surface area contributed by atoms with E-state index in [1.165, 1.54) is 3.77 Å². The summed E-state index contributed by atoms with van der Waals surface area (Å²) in [4.78, 5) is 0. The van der Waals surface area contributed by atoms with E-state index in [-0.39, 0.29) is 0 Å². The Morgan fingerprint density at radius 1 is 1.00 bits per heavy atom. The van der Waals surface area contributed by atoms with Gasteiger partial charge >= 0.3 is 10.4 Å². The van der Waals surface area contributed by atoms with E-state index in [0.717, 1.165) is 14.2 Å². The molecule has 0 saturated carbocycles. The van der Waals surface area contributed by atoms with Crippen molar-refractivity contribution in [1.29, 1.82) is 0 Å². The van der Waals surface area contributed by atoms with Gasteiger partial charge in [0.1, 0.15) is 0 Å². The predicted octanol–water partition coefficient (Wildman–Crippen LogP) is 3.12. The van der Waals surface area contributed by atoms with Gasteiger partial charge in [-0.05, 0) is 0 Å². The zero-order valence-corrected chi connectivity index (χ0v) is 7.60. The van der Waals surface area contributed by atoms with Crippen LogP contribution in [0.25, 0.3) is 0 Å². The molecule has 78 valence electrons. The minimum atomic E-state index is -9.76. The Kier molecular flexibility index (Phi) is 2.54. The number of hydrogen-bond donors (Lipinski definition) is 0. The van der Waals surface area contributed by atoms with Gasteiger partial charge in [0.2, 0.25) is 0 Å². The third kappa shape index (κ3) is 6.76. The summed E-state index contributed by atoms with van der Waals surface area (Å²) in [6.45, 7) is 0. The fourth-order valence-corrected chi connectivity index (χ4v) is 1.79. The molecule has 0 aromatic carbocycles. The number of halogens is 5. The maximum atomic E-state index is 11.5. The molecule has 0 saturated heterocycles. The zero-order chi connectivity index (χ0) is 10.1. The second-order valence-electron chi connectivity index (χ2n) is 1.55. The first-order chi connectivity index (χ1) is 4.97. The molecule has 0 bridgehead atoms. The molecule has 10 heteroatoms. The lowest BCUT2D eigenvalue weighted by molar-refractivity contribution is 0.350. The first-order valence-electron chi connectivity index (χ1n) is 2.29. The Morgan fingerprint density at radius 2 is 1.33 bits per heavy atom. The average molecular weight is 235 g/mol. The summed E-state index contributed by atoms with van der Waals surface area (Å²) < 4.78 is 66.6. The monoisotopic (exact) mass is 235 g/mol. The molecule has 0 N–H and O–H groups in total. The van der Waals surface area contributed by atoms with Crippen LogP contribution in [0.1, 0.15) is 0 Å². The van der Waals surface area contributed by atoms with E-state index in [0.29, 0.717) is 0 Å². The highest BCUT2D eigenvalue weighted by Crippen LogP contribution is 2.99. The molecule has 0 heterocycles. The third-order valence-electron chi connectivity index (χ3n) is 0.487. The predicted molar refractivity (Wildman–Crippen MR) is 36.9 cm³/mol. The van der Waals surface area contributed by atoms with E-state index in [4.69, 9.17) is 0 Å². The summed E-state index contributed by atoms with van der Waals surface area (Å²) in [7, 11) is -8.21. The fraction of sp³-hybridized carbons (Fsp3) is 1.00. The van der Waals surface area contributed by atoms with Crippen LogP contribution in [0.4, 0.5) is 19.4 Å². The van der Waals surface area contributed by atoms with E-state index in [1.54, 1.807) is 0 Å². The number of hydrogen-bond acceptors (Lipinski definition) is 3. The number of rotatable bonds is 3. The SMILES string of the molecule is COS(=NS(F)(F)(F)(F)F)OC. The highest BCUT2D eigenvalue weighted by molar-refractivity contribution is 8.46. The smallest absolute Gasteiger partial charge is 0.287 e. The molecule has 0 spiro atoms. The minimum Gasteiger partial charge on any atom is -0.287 e. The number of nitrogens with zero attached hydrogens (tertiary/aromatic N) is 1. The van der Waals surface area contributed by atoms with Crippen molar-refractivity contribution in [2.45, 2.75) is 0 Å². The maximum Gasteiger partial charge on any atom is 0.391 e. The molecule has 12 heavy (non-hydrogen) atoms. The van der Waals surface area contributed by atoms with Crippen molar-refractivity contribution in [3.63, 3.8) is 0 Å². The molecule has 0 amide bonds. The van der Waals surface area contributed by atoms with Crippen molar-refractivity contribution >= 4 is 21.7 Å². The molecule has 0 aliphatic heterocycles. The highest BCUT2D eigenvalue weighted by Gasteiger charge is 2.65. The van der Waals surface area contributed by atoms with Gasteiger partial charge in [-0.3, -0.25) is 8.37 Å². The van der Waals surface area contributed by atoms with Crippen LogP contribution in [-0.4, -0.2) is 14.2 Å². The van der Waals surface area contributed by atoms with Crippen molar-refractivity contribution < 1.29 is 27.8 Å². The first-order valence-corrected chi connectivity index (χ1v) is 5.23. The Hall–Kier alpha value is 0.0700. The maximum absolute atomic E-state index is 11.5. The molecular formula is C2H6F5NO2S2. The van der Waals surface area contributed by atoms with Crippen molar-refractivity contribution in [3.05, 3.63) is 0 Å². The molecule has 0 aliphatic carbocycles.